The second-order valence-corrected chi connectivity index (χ2v) is 4.00. The van der Waals surface area contributed by atoms with Gasteiger partial charge in [-0.2, -0.15) is 0 Å². The van der Waals surface area contributed by atoms with Crippen molar-refractivity contribution >= 4 is 17.3 Å². The van der Waals surface area contributed by atoms with E-state index >= 15 is 0 Å². The van der Waals surface area contributed by atoms with Crippen LogP contribution in [0.5, 0.6) is 0 Å². The summed E-state index contributed by atoms with van der Waals surface area (Å²) in [7, 11) is 0. The van der Waals surface area contributed by atoms with E-state index < -0.39 is 0 Å². The van der Waals surface area contributed by atoms with Gasteiger partial charge in [0.25, 0.3) is 0 Å². The van der Waals surface area contributed by atoms with E-state index in [1.165, 1.54) is 0 Å². The van der Waals surface area contributed by atoms with Crippen molar-refractivity contribution < 1.29 is 9.52 Å². The molecule has 0 aliphatic heterocycles. The van der Waals surface area contributed by atoms with Crippen LogP contribution in [0.3, 0.4) is 0 Å². The average Bonchev–Trinajstić information content (AvgIpc) is 2.73. The van der Waals surface area contributed by atoms with Crippen LogP contribution in [-0.4, -0.2) is 5.11 Å². The van der Waals surface area contributed by atoms with Crippen molar-refractivity contribution in [1.29, 1.82) is 0 Å². The number of benzene rings is 1. The zero-order valence-corrected chi connectivity index (χ0v) is 9.58. The third-order valence-electron chi connectivity index (χ3n) is 2.49. The van der Waals surface area contributed by atoms with Crippen LogP contribution in [0.2, 0.25) is 5.02 Å². The number of furan rings is 1. The van der Waals surface area contributed by atoms with E-state index in [9.17, 15) is 0 Å². The van der Waals surface area contributed by atoms with Gasteiger partial charge in [0.1, 0.15) is 18.1 Å². The van der Waals surface area contributed by atoms with E-state index in [1.807, 2.05) is 6.92 Å². The third-order valence-corrected chi connectivity index (χ3v) is 2.88. The fourth-order valence-corrected chi connectivity index (χ4v) is 1.69. The fourth-order valence-electron chi connectivity index (χ4n) is 1.46. The summed E-state index contributed by atoms with van der Waals surface area (Å²) >= 11 is 6.04. The molecular formula is C12H12ClNO2. The number of aliphatic hydroxyl groups is 1. The first-order valence-corrected chi connectivity index (χ1v) is 5.25. The van der Waals surface area contributed by atoms with Gasteiger partial charge in [0.15, 0.2) is 0 Å². The molecule has 3 nitrogen and oxygen atoms in total. The quantitative estimate of drug-likeness (QED) is 0.790. The Balaban J connectivity index is 2.48. The zero-order valence-electron chi connectivity index (χ0n) is 8.83. The van der Waals surface area contributed by atoms with Crippen molar-refractivity contribution in [3.05, 3.63) is 40.6 Å². The number of nitrogen functional groups attached to an aromatic ring is 1. The molecule has 0 fully saturated rings. The monoisotopic (exact) mass is 237 g/mol. The molecule has 4 heteroatoms. The van der Waals surface area contributed by atoms with Crippen molar-refractivity contribution in [2.24, 2.45) is 0 Å². The number of aliphatic hydroxyl groups excluding tert-OH is 1. The third kappa shape index (κ3) is 1.92. The first-order valence-electron chi connectivity index (χ1n) is 4.87. The normalized spacial score (nSPS) is 10.7. The molecule has 0 aliphatic rings. The number of anilines is 1. The van der Waals surface area contributed by atoms with Crippen LogP contribution in [0, 0.1) is 6.92 Å². The van der Waals surface area contributed by atoms with Crippen LogP contribution in [0.1, 0.15) is 11.3 Å². The Morgan fingerprint density at radius 2 is 2.12 bits per heavy atom. The van der Waals surface area contributed by atoms with E-state index in [0.717, 1.165) is 11.1 Å². The molecule has 2 aromatic rings. The van der Waals surface area contributed by atoms with Crippen LogP contribution in [0.15, 0.2) is 28.7 Å². The molecule has 1 heterocycles. The van der Waals surface area contributed by atoms with E-state index in [-0.39, 0.29) is 6.61 Å². The molecule has 3 N–H and O–H groups in total. The van der Waals surface area contributed by atoms with E-state index in [0.29, 0.717) is 22.2 Å². The maximum absolute atomic E-state index is 8.91. The summed E-state index contributed by atoms with van der Waals surface area (Å²) in [5, 5.41) is 9.51. The van der Waals surface area contributed by atoms with Gasteiger partial charge >= 0.3 is 0 Å². The molecule has 0 unspecified atom stereocenters. The second kappa shape index (κ2) is 4.20. The summed E-state index contributed by atoms with van der Waals surface area (Å²) in [6.45, 7) is 1.75. The molecule has 0 saturated carbocycles. The van der Waals surface area contributed by atoms with Crippen LogP contribution in [0.4, 0.5) is 5.69 Å². The summed E-state index contributed by atoms with van der Waals surface area (Å²) in [5.74, 6) is 1.17. The van der Waals surface area contributed by atoms with Gasteiger partial charge in [0.05, 0.1) is 0 Å². The first-order chi connectivity index (χ1) is 7.61. The maximum atomic E-state index is 8.91. The number of rotatable bonds is 2. The number of halogens is 1. The highest BCUT2D eigenvalue weighted by atomic mass is 35.5. The van der Waals surface area contributed by atoms with E-state index in [2.05, 4.69) is 0 Å². The van der Waals surface area contributed by atoms with Gasteiger partial charge in [-0.25, -0.2) is 0 Å². The van der Waals surface area contributed by atoms with E-state index in [4.69, 9.17) is 26.9 Å². The Labute approximate surface area is 98.5 Å². The topological polar surface area (TPSA) is 59.4 Å². The van der Waals surface area contributed by atoms with Crippen LogP contribution in [-0.2, 0) is 6.61 Å². The summed E-state index contributed by atoms with van der Waals surface area (Å²) < 4.78 is 5.40. The number of hydrogen-bond acceptors (Lipinski definition) is 3. The van der Waals surface area contributed by atoms with Crippen LogP contribution < -0.4 is 5.73 Å². The Bertz CT molecular complexity index is 496. The van der Waals surface area contributed by atoms with E-state index in [1.54, 1.807) is 24.3 Å². The van der Waals surface area contributed by atoms with Gasteiger partial charge in [0.2, 0.25) is 0 Å². The molecular weight excluding hydrogens is 226 g/mol. The van der Waals surface area contributed by atoms with Crippen molar-refractivity contribution in [2.75, 3.05) is 5.73 Å². The summed E-state index contributed by atoms with van der Waals surface area (Å²) in [6, 6.07) is 7.11. The van der Waals surface area contributed by atoms with Crippen molar-refractivity contribution in [3.63, 3.8) is 0 Å². The fraction of sp³-hybridized carbons (Fsp3) is 0.167. The van der Waals surface area contributed by atoms with Gasteiger partial charge in [-0.1, -0.05) is 11.6 Å². The second-order valence-electron chi connectivity index (χ2n) is 3.60. The molecule has 0 radical (unpaired) electrons. The lowest BCUT2D eigenvalue weighted by atomic mass is 10.1. The molecule has 1 aromatic heterocycles. The summed E-state index contributed by atoms with van der Waals surface area (Å²) in [5.41, 5.74) is 8.13. The molecule has 84 valence electrons. The van der Waals surface area contributed by atoms with Crippen molar-refractivity contribution in [3.8, 4) is 11.3 Å². The molecule has 0 atom stereocenters. The molecule has 0 amide bonds. The standard InChI is InChI=1S/C12H12ClNO2/c1-7-10(13)4-8(5-11(7)14)12-3-2-9(6-15)16-12/h2-5,15H,6,14H2,1H3. The highest BCUT2D eigenvalue weighted by Crippen LogP contribution is 2.30. The minimum atomic E-state index is -0.116. The lowest BCUT2D eigenvalue weighted by molar-refractivity contribution is 0.248. The number of hydrogen-bond donors (Lipinski definition) is 2. The SMILES string of the molecule is Cc1c(N)cc(-c2ccc(CO)o2)cc1Cl. The summed E-state index contributed by atoms with van der Waals surface area (Å²) in [4.78, 5) is 0. The van der Waals surface area contributed by atoms with Gasteiger partial charge in [0, 0.05) is 16.3 Å². The Morgan fingerprint density at radius 3 is 2.69 bits per heavy atom. The van der Waals surface area contributed by atoms with Gasteiger partial charge in [-0.15, -0.1) is 0 Å². The van der Waals surface area contributed by atoms with Crippen LogP contribution in [0.25, 0.3) is 11.3 Å². The van der Waals surface area contributed by atoms with Crippen molar-refractivity contribution in [1.82, 2.24) is 0 Å². The molecule has 0 aliphatic carbocycles. The molecule has 0 saturated heterocycles. The summed E-state index contributed by atoms with van der Waals surface area (Å²) in [6.07, 6.45) is 0. The minimum Gasteiger partial charge on any atom is -0.459 e. The number of nitrogens with two attached hydrogens (primary N) is 1. The molecule has 0 bridgehead atoms. The first kappa shape index (κ1) is 11.0. The molecule has 16 heavy (non-hydrogen) atoms. The van der Waals surface area contributed by atoms with Gasteiger partial charge in [-0.3, -0.25) is 0 Å². The maximum Gasteiger partial charge on any atom is 0.134 e. The van der Waals surface area contributed by atoms with Gasteiger partial charge in [-0.05, 0) is 36.8 Å². The zero-order chi connectivity index (χ0) is 11.7. The smallest absolute Gasteiger partial charge is 0.134 e. The Hall–Kier alpha value is -1.45. The largest absolute Gasteiger partial charge is 0.459 e. The highest BCUT2D eigenvalue weighted by molar-refractivity contribution is 6.32. The molecule has 1 aromatic carbocycles. The lowest BCUT2D eigenvalue weighted by Gasteiger charge is -2.05. The molecule has 2 rings (SSSR count). The Kier molecular flexibility index (Phi) is 2.90. The average molecular weight is 238 g/mol. The predicted octanol–water partition coefficient (Wildman–Crippen LogP) is 2.98. The Morgan fingerprint density at radius 1 is 1.38 bits per heavy atom. The highest BCUT2D eigenvalue weighted by Gasteiger charge is 2.08. The lowest BCUT2D eigenvalue weighted by Crippen LogP contribution is -1.91. The van der Waals surface area contributed by atoms with Crippen molar-refractivity contribution in [2.45, 2.75) is 13.5 Å². The molecule has 0 spiro atoms. The van der Waals surface area contributed by atoms with Crippen LogP contribution >= 0.6 is 11.6 Å². The van der Waals surface area contributed by atoms with Gasteiger partial charge < -0.3 is 15.3 Å². The predicted molar refractivity (Wildman–Crippen MR) is 64.2 cm³/mol. The minimum absolute atomic E-state index is 0.116.